The molecule has 0 aliphatic rings. The average Bonchev–Trinajstić information content (AvgIpc) is 2.62. The molecule has 0 bridgehead atoms. The van der Waals surface area contributed by atoms with Gasteiger partial charge >= 0.3 is 0 Å². The van der Waals surface area contributed by atoms with Crippen LogP contribution in [0, 0.1) is 22.7 Å². The van der Waals surface area contributed by atoms with Gasteiger partial charge in [0, 0.05) is 0 Å². The number of benzene rings is 2. The van der Waals surface area contributed by atoms with Crippen molar-refractivity contribution in [1.82, 2.24) is 0 Å². The maximum absolute atomic E-state index is 8.70. The minimum absolute atomic E-state index is 0.433. The lowest BCUT2D eigenvalue weighted by atomic mass is 10.2. The first-order chi connectivity index (χ1) is 11.3. The van der Waals surface area contributed by atoms with Crippen molar-refractivity contribution in [3.8, 4) is 23.6 Å². The second kappa shape index (κ2) is 9.09. The Bertz CT molecular complexity index is 621. The minimum atomic E-state index is 0.433. The van der Waals surface area contributed by atoms with Crippen molar-refractivity contribution < 1.29 is 14.2 Å². The number of nitrogens with zero attached hydrogens (tertiary/aromatic N) is 2. The second-order valence-electron chi connectivity index (χ2n) is 4.58. The zero-order chi connectivity index (χ0) is 16.3. The summed E-state index contributed by atoms with van der Waals surface area (Å²) in [7, 11) is 0. The quantitative estimate of drug-likeness (QED) is 0.701. The Labute approximate surface area is 135 Å². The number of ether oxygens (including phenoxy) is 3. The Balaban J connectivity index is 1.55. The lowest BCUT2D eigenvalue weighted by Crippen LogP contribution is -2.12. The molecule has 5 heteroatoms. The molecule has 5 nitrogen and oxygen atoms in total. The van der Waals surface area contributed by atoms with E-state index in [1.165, 1.54) is 0 Å². The third-order valence-electron chi connectivity index (χ3n) is 2.96. The largest absolute Gasteiger partial charge is 0.491 e. The van der Waals surface area contributed by atoms with Gasteiger partial charge in [0.15, 0.2) is 0 Å². The van der Waals surface area contributed by atoms with Gasteiger partial charge in [0.1, 0.15) is 24.7 Å². The summed E-state index contributed by atoms with van der Waals surface area (Å²) in [5.74, 6) is 1.42. The van der Waals surface area contributed by atoms with E-state index in [1.807, 2.05) is 0 Å². The normalized spacial score (nSPS) is 9.65. The summed E-state index contributed by atoms with van der Waals surface area (Å²) >= 11 is 0. The Morgan fingerprint density at radius 1 is 0.609 bits per heavy atom. The third kappa shape index (κ3) is 5.70. The van der Waals surface area contributed by atoms with Gasteiger partial charge in [0.05, 0.1) is 36.5 Å². The van der Waals surface area contributed by atoms with Crippen LogP contribution >= 0.6 is 0 Å². The van der Waals surface area contributed by atoms with Crippen molar-refractivity contribution >= 4 is 0 Å². The first kappa shape index (κ1) is 16.4. The van der Waals surface area contributed by atoms with Gasteiger partial charge in [0.25, 0.3) is 0 Å². The van der Waals surface area contributed by atoms with Crippen molar-refractivity contribution in [2.75, 3.05) is 26.4 Å². The van der Waals surface area contributed by atoms with E-state index in [4.69, 9.17) is 24.7 Å². The molecule has 0 aliphatic carbocycles. The standard InChI is InChI=1S/C18H16N2O3/c19-13-15-1-5-17(6-2-15)22-11-9-21-10-12-23-18-7-3-16(14-20)4-8-18/h1-8H,9-12H2. The van der Waals surface area contributed by atoms with Crippen LogP contribution in [0.4, 0.5) is 0 Å². The first-order valence-corrected chi connectivity index (χ1v) is 7.15. The highest BCUT2D eigenvalue weighted by atomic mass is 16.5. The maximum Gasteiger partial charge on any atom is 0.119 e. The highest BCUT2D eigenvalue weighted by molar-refractivity contribution is 5.35. The SMILES string of the molecule is N#Cc1ccc(OCCOCCOc2ccc(C#N)cc2)cc1. The molecule has 0 heterocycles. The minimum Gasteiger partial charge on any atom is -0.491 e. The molecule has 0 radical (unpaired) electrons. The molecular formula is C18H16N2O3. The summed E-state index contributed by atoms with van der Waals surface area (Å²) in [6, 6.07) is 18.0. The molecule has 23 heavy (non-hydrogen) atoms. The molecule has 2 aromatic carbocycles. The van der Waals surface area contributed by atoms with E-state index in [0.29, 0.717) is 49.1 Å². The molecule has 0 atom stereocenters. The van der Waals surface area contributed by atoms with E-state index < -0.39 is 0 Å². The van der Waals surface area contributed by atoms with E-state index in [9.17, 15) is 0 Å². The van der Waals surface area contributed by atoms with Crippen LogP contribution in [-0.2, 0) is 4.74 Å². The van der Waals surface area contributed by atoms with Crippen LogP contribution in [0.3, 0.4) is 0 Å². The third-order valence-corrected chi connectivity index (χ3v) is 2.96. The van der Waals surface area contributed by atoms with Crippen LogP contribution in [0.25, 0.3) is 0 Å². The van der Waals surface area contributed by atoms with Crippen LogP contribution in [0.5, 0.6) is 11.5 Å². The molecule has 2 aromatic rings. The summed E-state index contributed by atoms with van der Waals surface area (Å²) in [6.07, 6.45) is 0. The van der Waals surface area contributed by atoms with E-state index in [0.717, 1.165) is 0 Å². The van der Waals surface area contributed by atoms with E-state index in [2.05, 4.69) is 12.1 Å². The monoisotopic (exact) mass is 308 g/mol. The molecule has 0 spiro atoms. The van der Waals surface area contributed by atoms with Gasteiger partial charge in [-0.2, -0.15) is 10.5 Å². The lowest BCUT2D eigenvalue weighted by molar-refractivity contribution is 0.0764. The summed E-state index contributed by atoms with van der Waals surface area (Å²) in [4.78, 5) is 0. The zero-order valence-corrected chi connectivity index (χ0v) is 12.6. The van der Waals surface area contributed by atoms with Gasteiger partial charge in [-0.25, -0.2) is 0 Å². The Morgan fingerprint density at radius 3 is 1.35 bits per heavy atom. The molecule has 0 aromatic heterocycles. The number of hydrogen-bond acceptors (Lipinski definition) is 5. The van der Waals surface area contributed by atoms with E-state index in [-0.39, 0.29) is 0 Å². The molecule has 0 unspecified atom stereocenters. The fourth-order valence-corrected chi connectivity index (χ4v) is 1.79. The van der Waals surface area contributed by atoms with Gasteiger partial charge in [-0.3, -0.25) is 0 Å². The molecular weight excluding hydrogens is 292 g/mol. The fraction of sp³-hybridized carbons (Fsp3) is 0.222. The molecule has 0 saturated carbocycles. The van der Waals surface area contributed by atoms with Crippen LogP contribution in [0.15, 0.2) is 48.5 Å². The predicted octanol–water partition coefficient (Wildman–Crippen LogP) is 2.90. The van der Waals surface area contributed by atoms with Crippen molar-refractivity contribution in [2.24, 2.45) is 0 Å². The van der Waals surface area contributed by atoms with Gasteiger partial charge in [-0.15, -0.1) is 0 Å². The highest BCUT2D eigenvalue weighted by Crippen LogP contribution is 2.12. The molecule has 0 N–H and O–H groups in total. The topological polar surface area (TPSA) is 75.3 Å². The molecule has 116 valence electrons. The highest BCUT2D eigenvalue weighted by Gasteiger charge is 1.97. The summed E-state index contributed by atoms with van der Waals surface area (Å²) in [6.45, 7) is 1.78. The average molecular weight is 308 g/mol. The maximum atomic E-state index is 8.70. The molecule has 2 rings (SSSR count). The summed E-state index contributed by atoms with van der Waals surface area (Å²) in [5, 5.41) is 17.4. The zero-order valence-electron chi connectivity index (χ0n) is 12.6. The van der Waals surface area contributed by atoms with Crippen LogP contribution in [0.2, 0.25) is 0 Å². The summed E-state index contributed by atoms with van der Waals surface area (Å²) in [5.41, 5.74) is 1.21. The molecule has 0 amide bonds. The van der Waals surface area contributed by atoms with Gasteiger partial charge in [-0.1, -0.05) is 0 Å². The summed E-state index contributed by atoms with van der Waals surface area (Å²) < 4.78 is 16.4. The van der Waals surface area contributed by atoms with Gasteiger partial charge in [0.2, 0.25) is 0 Å². The van der Waals surface area contributed by atoms with Gasteiger partial charge in [-0.05, 0) is 48.5 Å². The van der Waals surface area contributed by atoms with Crippen molar-refractivity contribution in [3.05, 3.63) is 59.7 Å². The van der Waals surface area contributed by atoms with Crippen LogP contribution in [0.1, 0.15) is 11.1 Å². The molecule has 0 saturated heterocycles. The van der Waals surface area contributed by atoms with Crippen molar-refractivity contribution in [3.63, 3.8) is 0 Å². The van der Waals surface area contributed by atoms with E-state index in [1.54, 1.807) is 48.5 Å². The van der Waals surface area contributed by atoms with Crippen LogP contribution < -0.4 is 9.47 Å². The smallest absolute Gasteiger partial charge is 0.119 e. The van der Waals surface area contributed by atoms with E-state index >= 15 is 0 Å². The van der Waals surface area contributed by atoms with Crippen LogP contribution in [-0.4, -0.2) is 26.4 Å². The Morgan fingerprint density at radius 2 is 1.00 bits per heavy atom. The second-order valence-corrected chi connectivity index (χ2v) is 4.58. The fourth-order valence-electron chi connectivity index (χ4n) is 1.79. The number of hydrogen-bond donors (Lipinski definition) is 0. The Kier molecular flexibility index (Phi) is 6.46. The first-order valence-electron chi connectivity index (χ1n) is 7.15. The molecule has 0 fully saturated rings. The van der Waals surface area contributed by atoms with Gasteiger partial charge < -0.3 is 14.2 Å². The predicted molar refractivity (Wildman–Crippen MR) is 84.1 cm³/mol. The number of nitriles is 2. The lowest BCUT2D eigenvalue weighted by Gasteiger charge is -2.08. The molecule has 0 aliphatic heterocycles. The Hall–Kier alpha value is -3.02. The van der Waals surface area contributed by atoms with Crippen molar-refractivity contribution in [2.45, 2.75) is 0 Å². The van der Waals surface area contributed by atoms with Crippen molar-refractivity contribution in [1.29, 1.82) is 10.5 Å². The number of rotatable bonds is 8.